The summed E-state index contributed by atoms with van der Waals surface area (Å²) in [5.41, 5.74) is 7.14. The van der Waals surface area contributed by atoms with Crippen LogP contribution in [0.3, 0.4) is 0 Å². The maximum Gasteiger partial charge on any atom is -0.0153 e. The van der Waals surface area contributed by atoms with Crippen LogP contribution in [0.4, 0.5) is 0 Å². The molecular weight excluding hydrogens is 324 g/mol. The highest BCUT2D eigenvalue weighted by atomic mass is 14.2. The number of aryl methyl sites for hydroxylation is 3. The Bertz CT molecular complexity index is 797. The van der Waals surface area contributed by atoms with Gasteiger partial charge < -0.3 is 0 Å². The number of rotatable bonds is 8. The second-order valence-corrected chi connectivity index (χ2v) is 7.86. The van der Waals surface area contributed by atoms with E-state index in [9.17, 15) is 0 Å². The van der Waals surface area contributed by atoms with Gasteiger partial charge in [0.05, 0.1) is 0 Å². The topological polar surface area (TPSA) is 0 Å². The maximum absolute atomic E-state index is 2.38. The number of hydrogen-bond acceptors (Lipinski definition) is 0. The summed E-state index contributed by atoms with van der Waals surface area (Å²) >= 11 is 0. The van der Waals surface area contributed by atoms with E-state index >= 15 is 0 Å². The van der Waals surface area contributed by atoms with Crippen LogP contribution in [-0.2, 0) is 12.8 Å². The van der Waals surface area contributed by atoms with E-state index in [-0.39, 0.29) is 0 Å². The van der Waals surface area contributed by atoms with Crippen LogP contribution in [0.15, 0.2) is 78.9 Å². The second-order valence-electron chi connectivity index (χ2n) is 7.86. The van der Waals surface area contributed by atoms with Gasteiger partial charge in [0.1, 0.15) is 0 Å². The summed E-state index contributed by atoms with van der Waals surface area (Å²) in [7, 11) is 0. The molecule has 0 amide bonds. The Hall–Kier alpha value is -2.34. The molecule has 2 atom stereocenters. The predicted molar refractivity (Wildman–Crippen MR) is 118 cm³/mol. The van der Waals surface area contributed by atoms with Gasteiger partial charge in [0.25, 0.3) is 0 Å². The molecule has 140 valence electrons. The summed E-state index contributed by atoms with van der Waals surface area (Å²) in [6.07, 6.45) is 4.64. The molecule has 0 aromatic heterocycles. The summed E-state index contributed by atoms with van der Waals surface area (Å²) < 4.78 is 0. The van der Waals surface area contributed by atoms with Crippen molar-refractivity contribution in [3.63, 3.8) is 0 Å². The molecule has 0 nitrogen and oxygen atoms in total. The molecule has 0 radical (unpaired) electrons. The zero-order valence-corrected chi connectivity index (χ0v) is 17.0. The lowest BCUT2D eigenvalue weighted by molar-refractivity contribution is 0.525. The van der Waals surface area contributed by atoms with Gasteiger partial charge >= 0.3 is 0 Å². The molecule has 0 aliphatic rings. The fourth-order valence-corrected chi connectivity index (χ4v) is 3.89. The second kappa shape index (κ2) is 9.55. The van der Waals surface area contributed by atoms with Crippen LogP contribution in [0, 0.1) is 6.92 Å². The van der Waals surface area contributed by atoms with Gasteiger partial charge in [-0.15, -0.1) is 0 Å². The lowest BCUT2D eigenvalue weighted by Gasteiger charge is -2.22. The third-order valence-corrected chi connectivity index (χ3v) is 5.77. The SMILES string of the molecule is CCc1ccc(C(CCc2ccccc2)CC(C)c2ccc(C)cc2)cc1. The van der Waals surface area contributed by atoms with Crippen LogP contribution in [0.1, 0.15) is 66.3 Å². The van der Waals surface area contributed by atoms with Gasteiger partial charge in [-0.3, -0.25) is 0 Å². The lowest BCUT2D eigenvalue weighted by atomic mass is 9.82. The molecule has 2 unspecified atom stereocenters. The third kappa shape index (κ3) is 5.57. The highest BCUT2D eigenvalue weighted by molar-refractivity contribution is 5.28. The average molecular weight is 357 g/mol. The van der Waals surface area contributed by atoms with Crippen molar-refractivity contribution in [3.05, 3.63) is 107 Å². The Kier molecular flexibility index (Phi) is 6.87. The molecule has 0 heterocycles. The van der Waals surface area contributed by atoms with E-state index in [4.69, 9.17) is 0 Å². The highest BCUT2D eigenvalue weighted by Crippen LogP contribution is 2.33. The normalized spacial score (nSPS) is 13.3. The number of hydrogen-bond donors (Lipinski definition) is 0. The Morgan fingerprint density at radius 2 is 1.33 bits per heavy atom. The molecule has 0 N–H and O–H groups in total. The first-order chi connectivity index (χ1) is 13.2. The van der Waals surface area contributed by atoms with Crippen molar-refractivity contribution in [2.24, 2.45) is 0 Å². The quantitative estimate of drug-likeness (QED) is 0.393. The van der Waals surface area contributed by atoms with E-state index < -0.39 is 0 Å². The Labute approximate surface area is 165 Å². The third-order valence-electron chi connectivity index (χ3n) is 5.77. The van der Waals surface area contributed by atoms with E-state index in [1.165, 1.54) is 40.7 Å². The minimum atomic E-state index is 0.567. The fraction of sp³-hybridized carbons (Fsp3) is 0.333. The van der Waals surface area contributed by atoms with Crippen molar-refractivity contribution in [3.8, 4) is 0 Å². The van der Waals surface area contributed by atoms with Crippen molar-refractivity contribution in [1.82, 2.24) is 0 Å². The highest BCUT2D eigenvalue weighted by Gasteiger charge is 2.17. The largest absolute Gasteiger partial charge is 0.0622 e. The van der Waals surface area contributed by atoms with Crippen LogP contribution in [0.2, 0.25) is 0 Å². The fourth-order valence-electron chi connectivity index (χ4n) is 3.89. The standard InChI is InChI=1S/C27H32/c1-4-23-12-17-26(18-13-23)27(19-14-24-8-6-5-7-9-24)20-22(3)25-15-10-21(2)11-16-25/h5-13,15-18,22,27H,4,14,19-20H2,1-3H3. The molecule has 3 aromatic rings. The van der Waals surface area contributed by atoms with Gasteiger partial charge in [-0.05, 0) is 66.7 Å². The molecule has 0 aliphatic carbocycles. The van der Waals surface area contributed by atoms with E-state index in [1.54, 1.807) is 0 Å². The molecule has 0 bridgehead atoms. The Morgan fingerprint density at radius 3 is 1.96 bits per heavy atom. The zero-order chi connectivity index (χ0) is 19.1. The van der Waals surface area contributed by atoms with Crippen LogP contribution < -0.4 is 0 Å². The van der Waals surface area contributed by atoms with E-state index in [0.717, 1.165) is 12.8 Å². The lowest BCUT2D eigenvalue weighted by Crippen LogP contribution is -2.06. The van der Waals surface area contributed by atoms with Gasteiger partial charge in [0.15, 0.2) is 0 Å². The molecule has 0 heteroatoms. The van der Waals surface area contributed by atoms with Crippen molar-refractivity contribution < 1.29 is 0 Å². The molecule has 0 saturated carbocycles. The number of benzene rings is 3. The molecule has 27 heavy (non-hydrogen) atoms. The predicted octanol–water partition coefficient (Wildman–Crippen LogP) is 7.47. The molecular formula is C27H32. The molecule has 0 spiro atoms. The first kappa shape index (κ1) is 19.4. The molecule has 0 fully saturated rings. The Balaban J connectivity index is 1.76. The van der Waals surface area contributed by atoms with Crippen LogP contribution in [0.5, 0.6) is 0 Å². The van der Waals surface area contributed by atoms with Gasteiger partial charge in [0.2, 0.25) is 0 Å². The average Bonchev–Trinajstić information content (AvgIpc) is 2.72. The van der Waals surface area contributed by atoms with Gasteiger partial charge in [-0.1, -0.05) is 98.3 Å². The summed E-state index contributed by atoms with van der Waals surface area (Å²) in [6.45, 7) is 6.76. The first-order valence-corrected chi connectivity index (χ1v) is 10.3. The Morgan fingerprint density at radius 1 is 0.704 bits per heavy atom. The minimum absolute atomic E-state index is 0.567. The van der Waals surface area contributed by atoms with Crippen LogP contribution >= 0.6 is 0 Å². The van der Waals surface area contributed by atoms with E-state index in [1.807, 2.05) is 0 Å². The van der Waals surface area contributed by atoms with Crippen LogP contribution in [0.25, 0.3) is 0 Å². The van der Waals surface area contributed by atoms with Gasteiger partial charge in [0, 0.05) is 0 Å². The smallest absolute Gasteiger partial charge is 0.0153 e. The van der Waals surface area contributed by atoms with Gasteiger partial charge in [-0.2, -0.15) is 0 Å². The maximum atomic E-state index is 2.38. The summed E-state index contributed by atoms with van der Waals surface area (Å²) in [5, 5.41) is 0. The first-order valence-electron chi connectivity index (χ1n) is 10.3. The van der Waals surface area contributed by atoms with E-state index in [0.29, 0.717) is 11.8 Å². The van der Waals surface area contributed by atoms with Crippen LogP contribution in [-0.4, -0.2) is 0 Å². The molecule has 0 saturated heterocycles. The zero-order valence-electron chi connectivity index (χ0n) is 17.0. The summed E-state index contributed by atoms with van der Waals surface area (Å²) in [4.78, 5) is 0. The van der Waals surface area contributed by atoms with E-state index in [2.05, 4.69) is 99.6 Å². The van der Waals surface area contributed by atoms with Crippen molar-refractivity contribution >= 4 is 0 Å². The minimum Gasteiger partial charge on any atom is -0.0622 e. The summed E-state index contributed by atoms with van der Waals surface area (Å²) in [5.74, 6) is 1.16. The van der Waals surface area contributed by atoms with Crippen molar-refractivity contribution in [2.45, 2.75) is 58.3 Å². The van der Waals surface area contributed by atoms with Crippen molar-refractivity contribution in [2.75, 3.05) is 0 Å². The molecule has 0 aliphatic heterocycles. The molecule has 3 aromatic carbocycles. The monoisotopic (exact) mass is 356 g/mol. The molecule has 3 rings (SSSR count). The van der Waals surface area contributed by atoms with Gasteiger partial charge in [-0.25, -0.2) is 0 Å². The van der Waals surface area contributed by atoms with Crippen molar-refractivity contribution in [1.29, 1.82) is 0 Å². The summed E-state index contributed by atoms with van der Waals surface area (Å²) in [6, 6.07) is 29.3.